The largest absolute Gasteiger partial charge is 0.480 e. The fourth-order valence-electron chi connectivity index (χ4n) is 3.57. The minimum absolute atomic E-state index is 0.103. The molecule has 4 heterocycles. The van der Waals surface area contributed by atoms with E-state index in [-0.39, 0.29) is 36.7 Å². The molecule has 10 nitrogen and oxygen atoms in total. The first kappa shape index (κ1) is 18.2. The van der Waals surface area contributed by atoms with Crippen LogP contribution in [0.3, 0.4) is 0 Å². The fraction of sp³-hybridized carbons (Fsp3) is 0.500. The number of furan rings is 1. The number of aromatic nitrogens is 2. The molecule has 11 heteroatoms. The molecule has 0 radical (unpaired) electrons. The Morgan fingerprint density at radius 1 is 1.26 bits per heavy atom. The van der Waals surface area contributed by atoms with Gasteiger partial charge in [-0.1, -0.05) is 0 Å². The zero-order chi connectivity index (χ0) is 19.0. The second kappa shape index (κ2) is 7.08. The third kappa shape index (κ3) is 3.63. The van der Waals surface area contributed by atoms with Crippen molar-refractivity contribution in [2.75, 3.05) is 39.4 Å². The summed E-state index contributed by atoms with van der Waals surface area (Å²) in [6.07, 6.45) is 1.55. The number of carboxylic acids is 1. The van der Waals surface area contributed by atoms with Crippen LogP contribution in [0.1, 0.15) is 0 Å². The third-order valence-corrected chi connectivity index (χ3v) is 6.54. The number of fused-ring (bicyclic) bond motifs is 3. The van der Waals surface area contributed by atoms with Gasteiger partial charge in [0.05, 0.1) is 19.8 Å². The molecule has 2 aliphatic heterocycles. The van der Waals surface area contributed by atoms with Gasteiger partial charge in [0.1, 0.15) is 5.69 Å². The van der Waals surface area contributed by atoms with E-state index in [0.717, 1.165) is 0 Å². The lowest BCUT2D eigenvalue weighted by Crippen LogP contribution is -2.47. The highest BCUT2D eigenvalue weighted by molar-refractivity contribution is 7.89. The number of H-pyrrole nitrogens is 1. The number of ether oxygens (including phenoxy) is 1. The van der Waals surface area contributed by atoms with Gasteiger partial charge in [-0.2, -0.15) is 9.40 Å². The highest BCUT2D eigenvalue weighted by atomic mass is 32.2. The number of aliphatic carboxylic acids is 1. The number of carbonyl (C=O) groups is 1. The lowest BCUT2D eigenvalue weighted by molar-refractivity contribution is -0.139. The summed E-state index contributed by atoms with van der Waals surface area (Å²) in [7, 11) is -3.85. The molecule has 0 saturated carbocycles. The van der Waals surface area contributed by atoms with E-state index in [1.165, 1.54) is 10.4 Å². The van der Waals surface area contributed by atoms with E-state index >= 15 is 0 Å². The van der Waals surface area contributed by atoms with E-state index < -0.39 is 16.0 Å². The van der Waals surface area contributed by atoms with Crippen LogP contribution in [0, 0.1) is 5.92 Å². The van der Waals surface area contributed by atoms with Crippen LogP contribution >= 0.6 is 0 Å². The number of hydrogen-bond donors (Lipinski definition) is 2. The van der Waals surface area contributed by atoms with Gasteiger partial charge in [0.25, 0.3) is 10.0 Å². The third-order valence-electron chi connectivity index (χ3n) is 4.83. The van der Waals surface area contributed by atoms with Crippen molar-refractivity contribution in [1.29, 1.82) is 0 Å². The quantitative estimate of drug-likeness (QED) is 0.727. The molecule has 4 rings (SSSR count). The maximum absolute atomic E-state index is 13.1. The van der Waals surface area contributed by atoms with Gasteiger partial charge in [0, 0.05) is 37.8 Å². The summed E-state index contributed by atoms with van der Waals surface area (Å²) in [5, 5.41) is 15.6. The zero-order valence-electron chi connectivity index (χ0n) is 14.4. The number of aromatic amines is 1. The predicted octanol–water partition coefficient (Wildman–Crippen LogP) is 0.0756. The van der Waals surface area contributed by atoms with E-state index in [9.17, 15) is 13.2 Å². The van der Waals surface area contributed by atoms with Crippen molar-refractivity contribution in [2.24, 2.45) is 5.92 Å². The van der Waals surface area contributed by atoms with Crippen LogP contribution in [0.25, 0.3) is 11.5 Å². The van der Waals surface area contributed by atoms with E-state index in [4.69, 9.17) is 14.3 Å². The van der Waals surface area contributed by atoms with E-state index in [0.29, 0.717) is 31.2 Å². The van der Waals surface area contributed by atoms with Crippen LogP contribution in [-0.2, 0) is 19.6 Å². The first-order valence-electron chi connectivity index (χ1n) is 8.57. The van der Waals surface area contributed by atoms with Gasteiger partial charge < -0.3 is 14.3 Å². The number of sulfonamides is 1. The molecule has 2 N–H and O–H groups in total. The standard InChI is InChI=1S/C16H20N4O6S/c21-15(22)8-19-5-11-6-20(7-12(19)10-25-9-11)27(23,24)16-2-1-14(26-16)13-3-4-17-18-13/h1-4,11-12H,5-10H2,(H,17,18)(H,21,22)/t11-,12+/m1/s1. The Morgan fingerprint density at radius 2 is 2.11 bits per heavy atom. The molecular formula is C16H20N4O6S. The monoisotopic (exact) mass is 396 g/mol. The first-order valence-corrected chi connectivity index (χ1v) is 10.0. The number of nitrogens with one attached hydrogen (secondary N) is 1. The summed E-state index contributed by atoms with van der Waals surface area (Å²) in [4.78, 5) is 12.9. The lowest BCUT2D eigenvalue weighted by atomic mass is 10.1. The zero-order valence-corrected chi connectivity index (χ0v) is 15.3. The minimum atomic E-state index is -3.85. The molecule has 0 aromatic carbocycles. The Morgan fingerprint density at radius 3 is 2.85 bits per heavy atom. The Labute approximate surface area is 155 Å². The summed E-state index contributed by atoms with van der Waals surface area (Å²) in [6, 6.07) is 4.38. The lowest BCUT2D eigenvalue weighted by Gasteiger charge is -2.29. The van der Waals surface area contributed by atoms with Crippen LogP contribution in [0.4, 0.5) is 0 Å². The Kier molecular flexibility index (Phi) is 4.76. The van der Waals surface area contributed by atoms with Gasteiger partial charge in [0.2, 0.25) is 5.09 Å². The second-order valence-corrected chi connectivity index (χ2v) is 8.66. The molecular weight excluding hydrogens is 376 g/mol. The molecule has 146 valence electrons. The first-order chi connectivity index (χ1) is 12.9. The summed E-state index contributed by atoms with van der Waals surface area (Å²) < 4.78 is 38.8. The summed E-state index contributed by atoms with van der Waals surface area (Å²) in [5.74, 6) is -0.655. The van der Waals surface area contributed by atoms with Crippen molar-refractivity contribution in [3.05, 3.63) is 24.4 Å². The Bertz CT molecular complexity index is 909. The number of rotatable bonds is 5. The number of hydrogen-bond acceptors (Lipinski definition) is 7. The molecule has 2 atom stereocenters. The molecule has 0 unspecified atom stereocenters. The normalized spacial score (nSPS) is 24.6. The molecule has 2 bridgehead atoms. The number of nitrogens with zero attached hydrogens (tertiary/aromatic N) is 3. The SMILES string of the molecule is O=C(O)CN1C[C@H]2COC[C@@H]1CN(S(=O)(=O)c1ccc(-c3ccn[nH]3)o1)C2. The average Bonchev–Trinajstić information content (AvgIpc) is 3.21. The van der Waals surface area contributed by atoms with Crippen LogP contribution in [0.15, 0.2) is 33.9 Å². The summed E-state index contributed by atoms with van der Waals surface area (Å²) in [6.45, 7) is 1.47. The summed E-state index contributed by atoms with van der Waals surface area (Å²) in [5.41, 5.74) is 0.588. The van der Waals surface area contributed by atoms with Crippen LogP contribution in [-0.4, -0.2) is 84.3 Å². The van der Waals surface area contributed by atoms with Gasteiger partial charge in [0.15, 0.2) is 5.76 Å². The van der Waals surface area contributed by atoms with E-state index in [2.05, 4.69) is 10.2 Å². The maximum Gasteiger partial charge on any atom is 0.317 e. The van der Waals surface area contributed by atoms with Gasteiger partial charge in [-0.3, -0.25) is 14.8 Å². The molecule has 2 aromatic rings. The fourth-order valence-corrected chi connectivity index (χ4v) is 5.04. The van der Waals surface area contributed by atoms with Crippen molar-refractivity contribution in [1.82, 2.24) is 19.4 Å². The predicted molar refractivity (Wildman–Crippen MR) is 92.4 cm³/mol. The molecule has 0 spiro atoms. The van der Waals surface area contributed by atoms with Crippen molar-refractivity contribution in [3.8, 4) is 11.5 Å². The van der Waals surface area contributed by atoms with Gasteiger partial charge in [-0.05, 0) is 18.2 Å². The topological polar surface area (TPSA) is 129 Å². The molecule has 27 heavy (non-hydrogen) atoms. The highest BCUT2D eigenvalue weighted by Crippen LogP contribution is 2.28. The van der Waals surface area contributed by atoms with Gasteiger partial charge >= 0.3 is 5.97 Å². The maximum atomic E-state index is 13.1. The Hall–Kier alpha value is -2.21. The van der Waals surface area contributed by atoms with Crippen molar-refractivity contribution in [2.45, 2.75) is 11.1 Å². The second-order valence-electron chi connectivity index (χ2n) is 6.79. The van der Waals surface area contributed by atoms with Gasteiger partial charge in [-0.25, -0.2) is 8.42 Å². The minimum Gasteiger partial charge on any atom is -0.480 e. The van der Waals surface area contributed by atoms with Crippen LogP contribution in [0.2, 0.25) is 0 Å². The van der Waals surface area contributed by atoms with Crippen molar-refractivity contribution >= 4 is 16.0 Å². The highest BCUT2D eigenvalue weighted by Gasteiger charge is 2.40. The molecule has 0 aliphatic carbocycles. The molecule has 2 aliphatic rings. The average molecular weight is 396 g/mol. The molecule has 0 amide bonds. The molecule has 2 saturated heterocycles. The van der Waals surface area contributed by atoms with E-state index in [1.807, 2.05) is 0 Å². The van der Waals surface area contributed by atoms with Crippen molar-refractivity contribution < 1.29 is 27.5 Å². The molecule has 2 fully saturated rings. The van der Waals surface area contributed by atoms with E-state index in [1.54, 1.807) is 23.2 Å². The van der Waals surface area contributed by atoms with Crippen LogP contribution < -0.4 is 0 Å². The number of carboxylic acid groups (broad SMARTS) is 1. The van der Waals surface area contributed by atoms with Crippen molar-refractivity contribution in [3.63, 3.8) is 0 Å². The van der Waals surface area contributed by atoms with Crippen LogP contribution in [0.5, 0.6) is 0 Å². The Balaban J connectivity index is 1.59. The molecule has 2 aromatic heterocycles. The summed E-state index contributed by atoms with van der Waals surface area (Å²) >= 11 is 0. The smallest absolute Gasteiger partial charge is 0.317 e. The van der Waals surface area contributed by atoms with Gasteiger partial charge in [-0.15, -0.1) is 0 Å².